The molecule has 4 nitrogen and oxygen atoms in total. The van der Waals surface area contributed by atoms with E-state index in [1.807, 2.05) is 0 Å². The molecule has 1 aliphatic heterocycles. The van der Waals surface area contributed by atoms with Gasteiger partial charge in [0.1, 0.15) is 11.5 Å². The first kappa shape index (κ1) is 15.0. The molecule has 0 saturated carbocycles. The molecule has 1 aromatic heterocycles. The molecule has 2 heterocycles. The van der Waals surface area contributed by atoms with E-state index in [4.69, 9.17) is 0 Å². The van der Waals surface area contributed by atoms with Gasteiger partial charge in [0.05, 0.1) is 0 Å². The Labute approximate surface area is 129 Å². The molecule has 2 N–H and O–H groups in total. The highest BCUT2D eigenvalue weighted by Gasteiger charge is 2.21. The summed E-state index contributed by atoms with van der Waals surface area (Å²) in [5.74, 6) is -0.396. The van der Waals surface area contributed by atoms with E-state index in [-0.39, 0.29) is 17.8 Å². The summed E-state index contributed by atoms with van der Waals surface area (Å²) in [7, 11) is 0. The topological polar surface area (TPSA) is 48.1 Å². The van der Waals surface area contributed by atoms with Crippen LogP contribution in [-0.4, -0.2) is 41.5 Å². The number of fused-ring (bicyclic) bond motifs is 1. The highest BCUT2D eigenvalue weighted by atomic mass is 19.1. The number of halogens is 1. The van der Waals surface area contributed by atoms with Gasteiger partial charge in [-0.3, -0.25) is 4.79 Å². The number of nitrogens with zero attached hydrogens (tertiary/aromatic N) is 1. The smallest absolute Gasteiger partial charge is 0.267 e. The third-order valence-electron chi connectivity index (χ3n) is 4.29. The third-order valence-corrected chi connectivity index (χ3v) is 4.29. The lowest BCUT2D eigenvalue weighted by Gasteiger charge is -2.31. The fourth-order valence-electron chi connectivity index (χ4n) is 3.11. The summed E-state index contributed by atoms with van der Waals surface area (Å²) in [5, 5.41) is 3.81. The van der Waals surface area contributed by atoms with Crippen LogP contribution in [0, 0.1) is 5.82 Å². The molecule has 22 heavy (non-hydrogen) atoms. The van der Waals surface area contributed by atoms with Gasteiger partial charge in [0.2, 0.25) is 0 Å². The molecule has 0 bridgehead atoms. The maximum absolute atomic E-state index is 13.2. The van der Waals surface area contributed by atoms with Crippen molar-refractivity contribution in [1.29, 1.82) is 0 Å². The number of H-pyrrole nitrogens is 1. The van der Waals surface area contributed by atoms with Crippen LogP contribution in [0.5, 0.6) is 0 Å². The van der Waals surface area contributed by atoms with Gasteiger partial charge < -0.3 is 15.2 Å². The van der Waals surface area contributed by atoms with Crippen molar-refractivity contribution in [3.05, 3.63) is 35.8 Å². The Balaban J connectivity index is 1.61. The molecular formula is C17H22FN3O. The Morgan fingerprint density at radius 3 is 2.86 bits per heavy atom. The number of likely N-dealkylation sites (tertiary alicyclic amines) is 1. The van der Waals surface area contributed by atoms with E-state index in [1.165, 1.54) is 18.6 Å². The van der Waals surface area contributed by atoms with Gasteiger partial charge in [-0.25, -0.2) is 4.39 Å². The van der Waals surface area contributed by atoms with Gasteiger partial charge in [-0.05, 0) is 50.1 Å². The molecule has 118 valence electrons. The number of carbonyl (C=O) groups excluding carboxylic acids is 1. The lowest BCUT2D eigenvalue weighted by atomic mass is 10.0. The lowest BCUT2D eigenvalue weighted by molar-refractivity contribution is 0.0907. The Morgan fingerprint density at radius 2 is 2.14 bits per heavy atom. The van der Waals surface area contributed by atoms with Crippen molar-refractivity contribution in [2.75, 3.05) is 19.6 Å². The third kappa shape index (κ3) is 3.30. The fourth-order valence-corrected chi connectivity index (χ4v) is 3.11. The lowest BCUT2D eigenvalue weighted by Crippen LogP contribution is -2.44. The number of hydrogen-bond donors (Lipinski definition) is 2. The van der Waals surface area contributed by atoms with Gasteiger partial charge in [0.15, 0.2) is 0 Å². The quantitative estimate of drug-likeness (QED) is 0.912. The number of hydrogen-bond acceptors (Lipinski definition) is 2. The van der Waals surface area contributed by atoms with Crippen LogP contribution in [0.3, 0.4) is 0 Å². The minimum Gasteiger partial charge on any atom is -0.351 e. The van der Waals surface area contributed by atoms with Gasteiger partial charge in [0.25, 0.3) is 5.91 Å². The Morgan fingerprint density at radius 1 is 1.36 bits per heavy atom. The summed E-state index contributed by atoms with van der Waals surface area (Å²) in [5.41, 5.74) is 1.28. The number of piperidine rings is 1. The number of carbonyl (C=O) groups is 1. The molecule has 0 unspecified atom stereocenters. The molecule has 3 rings (SSSR count). The number of benzene rings is 1. The monoisotopic (exact) mass is 303 g/mol. The van der Waals surface area contributed by atoms with Crippen LogP contribution < -0.4 is 5.32 Å². The zero-order valence-corrected chi connectivity index (χ0v) is 12.9. The van der Waals surface area contributed by atoms with Crippen molar-refractivity contribution in [2.45, 2.75) is 32.2 Å². The first-order chi connectivity index (χ1) is 10.7. The molecule has 0 atom stereocenters. The van der Waals surface area contributed by atoms with E-state index in [0.717, 1.165) is 43.4 Å². The SMILES string of the molecule is CCCN1CCC(NC(=O)c2cc3cc(F)ccc3[nH]2)CC1. The Hall–Kier alpha value is -1.88. The van der Waals surface area contributed by atoms with Crippen LogP contribution in [0.2, 0.25) is 0 Å². The molecule has 1 aromatic carbocycles. The average Bonchev–Trinajstić information content (AvgIpc) is 2.92. The molecular weight excluding hydrogens is 281 g/mol. The van der Waals surface area contributed by atoms with Crippen LogP contribution in [0.25, 0.3) is 10.9 Å². The first-order valence-corrected chi connectivity index (χ1v) is 7.97. The fraction of sp³-hybridized carbons (Fsp3) is 0.471. The van der Waals surface area contributed by atoms with Gasteiger partial charge in [-0.15, -0.1) is 0 Å². The zero-order chi connectivity index (χ0) is 15.5. The van der Waals surface area contributed by atoms with Gasteiger partial charge in [-0.2, -0.15) is 0 Å². The average molecular weight is 303 g/mol. The van der Waals surface area contributed by atoms with Crippen LogP contribution >= 0.6 is 0 Å². The van der Waals surface area contributed by atoms with E-state index >= 15 is 0 Å². The van der Waals surface area contributed by atoms with Crippen molar-refractivity contribution >= 4 is 16.8 Å². The molecule has 0 spiro atoms. The zero-order valence-electron chi connectivity index (χ0n) is 12.9. The van der Waals surface area contributed by atoms with E-state index in [2.05, 4.69) is 22.1 Å². The van der Waals surface area contributed by atoms with E-state index in [1.54, 1.807) is 12.1 Å². The molecule has 1 saturated heterocycles. The molecule has 5 heteroatoms. The summed E-state index contributed by atoms with van der Waals surface area (Å²) in [6.45, 7) is 5.40. The molecule has 1 amide bonds. The first-order valence-electron chi connectivity index (χ1n) is 7.97. The van der Waals surface area contributed by atoms with Crippen LogP contribution in [0.15, 0.2) is 24.3 Å². The summed E-state index contributed by atoms with van der Waals surface area (Å²) < 4.78 is 13.2. The minimum atomic E-state index is -0.290. The number of aromatic amines is 1. The number of aromatic nitrogens is 1. The highest BCUT2D eigenvalue weighted by molar-refractivity contribution is 5.98. The Kier molecular flexibility index (Phi) is 4.43. The van der Waals surface area contributed by atoms with Crippen molar-refractivity contribution in [3.8, 4) is 0 Å². The Bertz CT molecular complexity index is 659. The standard InChI is InChI=1S/C17H22FN3O/c1-2-7-21-8-5-14(6-9-21)19-17(22)16-11-12-10-13(18)3-4-15(12)20-16/h3-4,10-11,14,20H,2,5-9H2,1H3,(H,19,22). The van der Waals surface area contributed by atoms with E-state index in [9.17, 15) is 9.18 Å². The van der Waals surface area contributed by atoms with Crippen LogP contribution in [0.1, 0.15) is 36.7 Å². The maximum atomic E-state index is 13.2. The van der Waals surface area contributed by atoms with Gasteiger partial charge in [-0.1, -0.05) is 6.92 Å². The van der Waals surface area contributed by atoms with E-state index < -0.39 is 0 Å². The molecule has 1 aliphatic rings. The largest absolute Gasteiger partial charge is 0.351 e. The van der Waals surface area contributed by atoms with Crippen LogP contribution in [-0.2, 0) is 0 Å². The van der Waals surface area contributed by atoms with Crippen LogP contribution in [0.4, 0.5) is 4.39 Å². The maximum Gasteiger partial charge on any atom is 0.267 e. The second-order valence-corrected chi connectivity index (χ2v) is 6.00. The summed E-state index contributed by atoms with van der Waals surface area (Å²) in [4.78, 5) is 17.8. The number of amides is 1. The molecule has 0 radical (unpaired) electrons. The van der Waals surface area contributed by atoms with Crippen molar-refractivity contribution in [3.63, 3.8) is 0 Å². The molecule has 1 fully saturated rings. The van der Waals surface area contributed by atoms with Crippen molar-refractivity contribution in [2.24, 2.45) is 0 Å². The van der Waals surface area contributed by atoms with Gasteiger partial charge >= 0.3 is 0 Å². The second-order valence-electron chi connectivity index (χ2n) is 6.00. The minimum absolute atomic E-state index is 0.106. The summed E-state index contributed by atoms with van der Waals surface area (Å²) in [6.07, 6.45) is 3.14. The van der Waals surface area contributed by atoms with Crippen molar-refractivity contribution < 1.29 is 9.18 Å². The number of rotatable bonds is 4. The van der Waals surface area contributed by atoms with Crippen molar-refractivity contribution in [1.82, 2.24) is 15.2 Å². The summed E-state index contributed by atoms with van der Waals surface area (Å²) >= 11 is 0. The normalized spacial score (nSPS) is 17.0. The molecule has 0 aliphatic carbocycles. The molecule has 2 aromatic rings. The number of nitrogens with one attached hydrogen (secondary N) is 2. The second kappa shape index (κ2) is 6.48. The predicted molar refractivity (Wildman–Crippen MR) is 85.5 cm³/mol. The predicted octanol–water partition coefficient (Wildman–Crippen LogP) is 2.91. The summed E-state index contributed by atoms with van der Waals surface area (Å²) in [6, 6.07) is 6.42. The van der Waals surface area contributed by atoms with E-state index in [0.29, 0.717) is 5.69 Å². The van der Waals surface area contributed by atoms with Gasteiger partial charge in [0, 0.05) is 30.0 Å². The highest BCUT2D eigenvalue weighted by Crippen LogP contribution is 2.17.